The van der Waals surface area contributed by atoms with E-state index >= 15 is 0 Å². The molecule has 0 bridgehead atoms. The zero-order valence-corrected chi connectivity index (χ0v) is 14.6. The van der Waals surface area contributed by atoms with Crippen LogP contribution in [0.3, 0.4) is 0 Å². The summed E-state index contributed by atoms with van der Waals surface area (Å²) in [5.74, 6) is -2.29. The molecule has 0 aliphatic rings. The predicted molar refractivity (Wildman–Crippen MR) is 96.2 cm³/mol. The molecular weight excluding hydrogens is 357 g/mol. The molecule has 0 aromatic heterocycles. The highest BCUT2D eigenvalue weighted by atomic mass is 19.1. The van der Waals surface area contributed by atoms with Crippen molar-refractivity contribution >= 4 is 23.5 Å². The average molecular weight is 377 g/mol. The van der Waals surface area contributed by atoms with Gasteiger partial charge in [0.2, 0.25) is 5.91 Å². The van der Waals surface area contributed by atoms with Gasteiger partial charge < -0.3 is 20.3 Å². The topological polar surface area (TPSA) is 113 Å². The first kappa shape index (κ1) is 21.6. The van der Waals surface area contributed by atoms with Gasteiger partial charge in [-0.15, -0.1) is 0 Å². The molecule has 3 N–H and O–H groups in total. The van der Waals surface area contributed by atoms with Crippen LogP contribution < -0.4 is 10.1 Å². The molecule has 2 rings (SSSR count). The minimum absolute atomic E-state index is 0.139. The van der Waals surface area contributed by atoms with E-state index < -0.39 is 30.1 Å². The molecule has 0 saturated heterocycles. The van der Waals surface area contributed by atoms with Crippen LogP contribution in [0.25, 0.3) is 0 Å². The van der Waals surface area contributed by atoms with Gasteiger partial charge in [-0.2, -0.15) is 0 Å². The molecule has 0 heterocycles. The lowest BCUT2D eigenvalue weighted by Crippen LogP contribution is -2.15. The first-order valence-corrected chi connectivity index (χ1v) is 7.92. The second-order valence-corrected chi connectivity index (χ2v) is 5.33. The van der Waals surface area contributed by atoms with Gasteiger partial charge in [0.15, 0.2) is 0 Å². The number of aliphatic carboxylic acids is 2. The number of rotatable bonds is 7. The summed E-state index contributed by atoms with van der Waals surface area (Å²) in [6, 6.07) is 12.5. The van der Waals surface area contributed by atoms with E-state index in [4.69, 9.17) is 14.9 Å². The van der Waals surface area contributed by atoms with E-state index in [0.717, 1.165) is 11.3 Å². The van der Waals surface area contributed by atoms with E-state index in [1.165, 1.54) is 24.3 Å². The van der Waals surface area contributed by atoms with E-state index in [1.54, 1.807) is 7.11 Å². The Morgan fingerprint density at radius 1 is 1.00 bits per heavy atom. The Balaban J connectivity index is 0.000000271. The fourth-order valence-corrected chi connectivity index (χ4v) is 2.03. The number of carboxylic acids is 2. The quantitative estimate of drug-likeness (QED) is 0.640. The Morgan fingerprint density at radius 2 is 1.63 bits per heavy atom. The van der Waals surface area contributed by atoms with Crippen LogP contribution in [0, 0.1) is 5.82 Å². The Hall–Kier alpha value is -3.42. The van der Waals surface area contributed by atoms with Crippen molar-refractivity contribution in [1.29, 1.82) is 0 Å². The maximum Gasteiger partial charge on any atom is 0.312 e. The van der Waals surface area contributed by atoms with Crippen LogP contribution in [0.4, 0.5) is 10.1 Å². The first-order valence-electron chi connectivity index (χ1n) is 7.92. The molecule has 2 aromatic carbocycles. The number of amides is 1. The van der Waals surface area contributed by atoms with Gasteiger partial charge in [-0.3, -0.25) is 14.4 Å². The number of hydrogen-bond donors (Lipinski definition) is 3. The number of aryl methyl sites for hydroxylation is 1. The smallest absolute Gasteiger partial charge is 0.312 e. The van der Waals surface area contributed by atoms with Crippen molar-refractivity contribution in [3.8, 4) is 5.75 Å². The number of methoxy groups -OCH3 is 1. The summed E-state index contributed by atoms with van der Waals surface area (Å²) in [5.41, 5.74) is 1.31. The van der Waals surface area contributed by atoms with E-state index in [2.05, 4.69) is 5.32 Å². The number of carboxylic acid groups (broad SMARTS) is 2. The van der Waals surface area contributed by atoms with Crippen molar-refractivity contribution in [2.45, 2.75) is 19.3 Å². The van der Waals surface area contributed by atoms with Gasteiger partial charge in [0.25, 0.3) is 0 Å². The van der Waals surface area contributed by atoms with Gasteiger partial charge in [-0.25, -0.2) is 4.39 Å². The minimum atomic E-state index is -1.20. The van der Waals surface area contributed by atoms with Crippen LogP contribution in [0.2, 0.25) is 0 Å². The number of nitrogens with one attached hydrogen (secondary N) is 1. The number of halogens is 1. The van der Waals surface area contributed by atoms with E-state index in [9.17, 15) is 18.8 Å². The van der Waals surface area contributed by atoms with Gasteiger partial charge in [-0.1, -0.05) is 18.2 Å². The lowest BCUT2D eigenvalue weighted by molar-refractivity contribution is -0.140. The minimum Gasteiger partial charge on any atom is -0.496 e. The third-order valence-corrected chi connectivity index (χ3v) is 3.24. The van der Waals surface area contributed by atoms with Crippen molar-refractivity contribution in [1.82, 2.24) is 0 Å². The van der Waals surface area contributed by atoms with Gasteiger partial charge >= 0.3 is 11.9 Å². The maximum atomic E-state index is 12.4. The van der Waals surface area contributed by atoms with Crippen LogP contribution >= 0.6 is 0 Å². The Morgan fingerprint density at radius 3 is 2.19 bits per heavy atom. The molecule has 8 heteroatoms. The summed E-state index contributed by atoms with van der Waals surface area (Å²) in [7, 11) is 1.58. The molecule has 144 valence electrons. The third-order valence-electron chi connectivity index (χ3n) is 3.24. The molecule has 1 amide bonds. The number of carbonyl (C=O) groups excluding carboxylic acids is 1. The normalized spacial score (nSPS) is 9.56. The first-order chi connectivity index (χ1) is 12.8. The molecule has 0 radical (unpaired) electrons. The number of hydrogen-bond acceptors (Lipinski definition) is 4. The number of benzene rings is 2. The lowest BCUT2D eigenvalue weighted by atomic mass is 10.1. The zero-order valence-electron chi connectivity index (χ0n) is 14.6. The molecule has 2 aromatic rings. The second kappa shape index (κ2) is 11.2. The molecule has 0 fully saturated rings. The number of para-hydroxylation sites is 1. The van der Waals surface area contributed by atoms with Crippen LogP contribution in [0.1, 0.15) is 18.4 Å². The standard InChI is InChI=1S/C10H12O3.C9H8FNO3/c1-13-9-5-3-2-4-8(9)6-7-10(11)12;10-6-1-3-7(4-2-6)11-8(12)5-9(13)14/h2-5H,6-7H2,1H3,(H,11,12);1-4H,5H2,(H,11,12)(H,13,14). The van der Waals surface area contributed by atoms with E-state index in [-0.39, 0.29) is 6.42 Å². The number of ether oxygens (including phenoxy) is 1. The number of carbonyl (C=O) groups is 3. The summed E-state index contributed by atoms with van der Waals surface area (Å²) in [6.07, 6.45) is 0.0527. The summed E-state index contributed by atoms with van der Waals surface area (Å²) < 4.78 is 17.5. The summed E-state index contributed by atoms with van der Waals surface area (Å²) in [4.78, 5) is 31.4. The predicted octanol–water partition coefficient (Wildman–Crippen LogP) is 2.95. The largest absolute Gasteiger partial charge is 0.496 e. The van der Waals surface area contributed by atoms with Crippen molar-refractivity contribution in [2.24, 2.45) is 0 Å². The fourth-order valence-electron chi connectivity index (χ4n) is 2.03. The summed E-state index contributed by atoms with van der Waals surface area (Å²) in [5, 5.41) is 19.1. The van der Waals surface area contributed by atoms with Crippen molar-refractivity contribution in [2.75, 3.05) is 12.4 Å². The van der Waals surface area contributed by atoms with Gasteiger partial charge in [0, 0.05) is 12.1 Å². The summed E-state index contributed by atoms with van der Waals surface area (Å²) >= 11 is 0. The molecular formula is C19H20FNO6. The molecule has 27 heavy (non-hydrogen) atoms. The van der Waals surface area contributed by atoms with Gasteiger partial charge in [0.1, 0.15) is 18.0 Å². The highest BCUT2D eigenvalue weighted by Gasteiger charge is 2.07. The van der Waals surface area contributed by atoms with E-state index in [0.29, 0.717) is 12.1 Å². The highest BCUT2D eigenvalue weighted by molar-refractivity contribution is 6.01. The van der Waals surface area contributed by atoms with Crippen LogP contribution in [0.15, 0.2) is 48.5 Å². The van der Waals surface area contributed by atoms with Crippen molar-refractivity contribution < 1.29 is 33.7 Å². The number of anilines is 1. The third kappa shape index (κ3) is 9.01. The molecule has 0 aliphatic carbocycles. The lowest BCUT2D eigenvalue weighted by Gasteiger charge is -2.05. The van der Waals surface area contributed by atoms with Crippen LogP contribution in [-0.2, 0) is 20.8 Å². The second-order valence-electron chi connectivity index (χ2n) is 5.33. The van der Waals surface area contributed by atoms with E-state index in [1.807, 2.05) is 24.3 Å². The molecule has 0 spiro atoms. The SMILES string of the molecule is COc1ccccc1CCC(=O)O.O=C(O)CC(=O)Nc1ccc(F)cc1. The van der Waals surface area contributed by atoms with Gasteiger partial charge in [0.05, 0.1) is 7.11 Å². The molecule has 0 aliphatic heterocycles. The molecule has 0 saturated carbocycles. The van der Waals surface area contributed by atoms with Gasteiger partial charge in [-0.05, 0) is 42.3 Å². The Bertz CT molecular complexity index is 776. The Labute approximate surface area is 155 Å². The summed E-state index contributed by atoms with van der Waals surface area (Å²) in [6.45, 7) is 0. The molecule has 7 nitrogen and oxygen atoms in total. The van der Waals surface area contributed by atoms with Crippen LogP contribution in [-0.4, -0.2) is 35.2 Å². The average Bonchev–Trinajstić information content (AvgIpc) is 2.62. The fraction of sp³-hybridized carbons (Fsp3) is 0.211. The zero-order chi connectivity index (χ0) is 20.2. The highest BCUT2D eigenvalue weighted by Crippen LogP contribution is 2.18. The monoisotopic (exact) mass is 377 g/mol. The Kier molecular flexibility index (Phi) is 9.01. The molecule has 0 atom stereocenters. The maximum absolute atomic E-state index is 12.4. The van der Waals surface area contributed by atoms with Crippen molar-refractivity contribution in [3.05, 3.63) is 59.9 Å². The van der Waals surface area contributed by atoms with Crippen molar-refractivity contribution in [3.63, 3.8) is 0 Å². The molecule has 0 unspecified atom stereocenters. The van der Waals surface area contributed by atoms with Crippen LogP contribution in [0.5, 0.6) is 5.75 Å².